The number of carbonyl (C=O) groups excluding carboxylic acids is 1. The van der Waals surface area contributed by atoms with Gasteiger partial charge in [-0.2, -0.15) is 0 Å². The normalized spacial score (nSPS) is 16.3. The molecule has 138 valence electrons. The summed E-state index contributed by atoms with van der Waals surface area (Å²) in [5.41, 5.74) is 3.44. The Bertz CT molecular complexity index is 694. The summed E-state index contributed by atoms with van der Waals surface area (Å²) >= 11 is 0. The molecule has 0 aliphatic carbocycles. The molecule has 1 N–H and O–H groups in total. The van der Waals surface area contributed by atoms with Crippen LogP contribution in [0.15, 0.2) is 48.8 Å². The lowest BCUT2D eigenvalue weighted by molar-refractivity contribution is 0.143. The molecule has 1 aromatic heterocycles. The molecule has 1 aliphatic rings. The molecular weight excluding hydrogens is 324 g/mol. The molecule has 1 atom stereocenters. The van der Waals surface area contributed by atoms with Gasteiger partial charge in [0.2, 0.25) is 0 Å². The predicted octanol–water partition coefficient (Wildman–Crippen LogP) is 3.94. The first-order valence-corrected chi connectivity index (χ1v) is 9.43. The van der Waals surface area contributed by atoms with Crippen LogP contribution in [0.4, 0.5) is 10.5 Å². The summed E-state index contributed by atoms with van der Waals surface area (Å²) in [5, 5.41) is 3.02. The van der Waals surface area contributed by atoms with E-state index in [-0.39, 0.29) is 6.03 Å². The van der Waals surface area contributed by atoms with E-state index in [1.165, 1.54) is 11.1 Å². The van der Waals surface area contributed by atoms with Gasteiger partial charge in [-0.25, -0.2) is 4.79 Å². The van der Waals surface area contributed by atoms with Crippen LogP contribution in [-0.4, -0.2) is 47.0 Å². The van der Waals surface area contributed by atoms with Crippen LogP contribution in [0, 0.1) is 0 Å². The van der Waals surface area contributed by atoms with Gasteiger partial charge in [-0.1, -0.05) is 26.0 Å². The van der Waals surface area contributed by atoms with Crippen LogP contribution in [0.2, 0.25) is 0 Å². The fourth-order valence-electron chi connectivity index (χ4n) is 3.19. The number of anilines is 1. The van der Waals surface area contributed by atoms with Gasteiger partial charge in [-0.15, -0.1) is 0 Å². The zero-order valence-electron chi connectivity index (χ0n) is 15.7. The Balaban J connectivity index is 1.47. The van der Waals surface area contributed by atoms with Crippen molar-refractivity contribution in [1.29, 1.82) is 0 Å². The molecule has 0 bridgehead atoms. The summed E-state index contributed by atoms with van der Waals surface area (Å²) in [6.45, 7) is 8.61. The first kappa shape index (κ1) is 18.4. The summed E-state index contributed by atoms with van der Waals surface area (Å²) < 4.78 is 0. The van der Waals surface area contributed by atoms with Gasteiger partial charge in [0.25, 0.3) is 0 Å². The monoisotopic (exact) mass is 352 g/mol. The van der Waals surface area contributed by atoms with Crippen LogP contribution >= 0.6 is 0 Å². The number of hydrogen-bond donors (Lipinski definition) is 1. The number of pyridine rings is 1. The number of piperazine rings is 1. The van der Waals surface area contributed by atoms with Crippen molar-refractivity contribution in [2.45, 2.75) is 32.7 Å². The highest BCUT2D eigenvalue weighted by atomic mass is 16.2. The lowest BCUT2D eigenvalue weighted by atomic mass is 9.99. The molecule has 5 heteroatoms. The van der Waals surface area contributed by atoms with Crippen LogP contribution in [-0.2, 0) is 6.54 Å². The van der Waals surface area contributed by atoms with E-state index < -0.39 is 0 Å². The standard InChI is InChI=1S/C21H28N4O/c1-3-17(2)19-4-6-20(7-5-19)23-21(26)25-14-12-24(13-15-25)16-18-8-10-22-11-9-18/h4-11,17H,3,12-16H2,1-2H3,(H,23,26). The topological polar surface area (TPSA) is 48.5 Å². The Kier molecular flexibility index (Phi) is 6.23. The van der Waals surface area contributed by atoms with Crippen LogP contribution in [0.1, 0.15) is 37.3 Å². The maximum Gasteiger partial charge on any atom is 0.321 e. The largest absolute Gasteiger partial charge is 0.322 e. The Labute approximate surface area is 156 Å². The third-order valence-electron chi connectivity index (χ3n) is 5.16. The maximum atomic E-state index is 12.5. The second-order valence-electron chi connectivity index (χ2n) is 6.98. The molecule has 1 aromatic carbocycles. The minimum absolute atomic E-state index is 0.00940. The summed E-state index contributed by atoms with van der Waals surface area (Å²) in [5.74, 6) is 0.549. The third kappa shape index (κ3) is 4.82. The van der Waals surface area contributed by atoms with E-state index in [1.54, 1.807) is 0 Å². The average Bonchev–Trinajstić information content (AvgIpc) is 2.69. The molecular formula is C21H28N4O. The molecule has 0 spiro atoms. The van der Waals surface area contributed by atoms with E-state index in [2.05, 4.69) is 41.2 Å². The van der Waals surface area contributed by atoms with E-state index in [0.717, 1.165) is 44.8 Å². The van der Waals surface area contributed by atoms with Gasteiger partial charge in [0.1, 0.15) is 0 Å². The predicted molar refractivity (Wildman–Crippen MR) is 105 cm³/mol. The van der Waals surface area contributed by atoms with Crippen molar-refractivity contribution in [2.24, 2.45) is 0 Å². The number of nitrogens with zero attached hydrogens (tertiary/aromatic N) is 3. The molecule has 26 heavy (non-hydrogen) atoms. The molecule has 2 heterocycles. The molecule has 1 saturated heterocycles. The summed E-state index contributed by atoms with van der Waals surface area (Å²) in [7, 11) is 0. The molecule has 1 unspecified atom stereocenters. The molecule has 1 fully saturated rings. The average molecular weight is 352 g/mol. The molecule has 5 nitrogen and oxygen atoms in total. The SMILES string of the molecule is CCC(C)c1ccc(NC(=O)N2CCN(Cc3ccncc3)CC2)cc1. The highest BCUT2D eigenvalue weighted by Crippen LogP contribution is 2.20. The Morgan fingerprint density at radius 3 is 2.35 bits per heavy atom. The second-order valence-corrected chi connectivity index (χ2v) is 6.98. The minimum Gasteiger partial charge on any atom is -0.322 e. The van der Waals surface area contributed by atoms with Crippen molar-refractivity contribution in [2.75, 3.05) is 31.5 Å². The molecule has 1 aliphatic heterocycles. The zero-order chi connectivity index (χ0) is 18.4. The van der Waals surface area contributed by atoms with Crippen LogP contribution in [0.5, 0.6) is 0 Å². The number of aromatic nitrogens is 1. The van der Waals surface area contributed by atoms with Crippen molar-refractivity contribution in [3.63, 3.8) is 0 Å². The maximum absolute atomic E-state index is 12.5. The fraction of sp³-hybridized carbons (Fsp3) is 0.429. The van der Waals surface area contributed by atoms with E-state index in [9.17, 15) is 4.79 Å². The van der Waals surface area contributed by atoms with Crippen molar-refractivity contribution in [3.05, 3.63) is 59.9 Å². The number of nitrogens with one attached hydrogen (secondary N) is 1. The lowest BCUT2D eigenvalue weighted by Crippen LogP contribution is -2.49. The number of rotatable bonds is 5. The van der Waals surface area contributed by atoms with Gasteiger partial charge >= 0.3 is 6.03 Å². The molecule has 2 amide bonds. The zero-order valence-corrected chi connectivity index (χ0v) is 15.7. The van der Waals surface area contributed by atoms with Crippen LogP contribution in [0.25, 0.3) is 0 Å². The number of hydrogen-bond acceptors (Lipinski definition) is 3. The highest BCUT2D eigenvalue weighted by Gasteiger charge is 2.21. The number of benzene rings is 1. The highest BCUT2D eigenvalue weighted by molar-refractivity contribution is 5.89. The first-order chi connectivity index (χ1) is 12.7. The van der Waals surface area contributed by atoms with Gasteiger partial charge in [0.05, 0.1) is 0 Å². The quantitative estimate of drug-likeness (QED) is 0.886. The van der Waals surface area contributed by atoms with E-state index in [4.69, 9.17) is 0 Å². The number of amides is 2. The molecule has 0 saturated carbocycles. The fourth-order valence-corrected chi connectivity index (χ4v) is 3.19. The molecule has 2 aromatic rings. The van der Waals surface area contributed by atoms with Crippen molar-refractivity contribution >= 4 is 11.7 Å². The summed E-state index contributed by atoms with van der Waals surface area (Å²) in [4.78, 5) is 20.8. The third-order valence-corrected chi connectivity index (χ3v) is 5.16. The second kappa shape index (κ2) is 8.81. The molecule has 0 radical (unpaired) electrons. The Hall–Kier alpha value is -2.40. The van der Waals surface area contributed by atoms with Crippen LogP contribution in [0.3, 0.4) is 0 Å². The Morgan fingerprint density at radius 2 is 1.73 bits per heavy atom. The van der Waals surface area contributed by atoms with E-state index in [0.29, 0.717) is 5.92 Å². The van der Waals surface area contributed by atoms with Crippen LogP contribution < -0.4 is 5.32 Å². The van der Waals surface area contributed by atoms with Gasteiger partial charge in [0, 0.05) is 50.8 Å². The minimum atomic E-state index is -0.00940. The van der Waals surface area contributed by atoms with Gasteiger partial charge < -0.3 is 10.2 Å². The molecule has 3 rings (SSSR count). The smallest absolute Gasteiger partial charge is 0.321 e. The van der Waals surface area contributed by atoms with Crippen molar-refractivity contribution < 1.29 is 4.79 Å². The van der Waals surface area contributed by atoms with Crippen molar-refractivity contribution in [3.8, 4) is 0 Å². The van der Waals surface area contributed by atoms with Gasteiger partial charge in [0.15, 0.2) is 0 Å². The summed E-state index contributed by atoms with van der Waals surface area (Å²) in [6.07, 6.45) is 4.77. The van der Waals surface area contributed by atoms with Gasteiger partial charge in [-0.05, 0) is 47.7 Å². The van der Waals surface area contributed by atoms with Crippen molar-refractivity contribution in [1.82, 2.24) is 14.8 Å². The summed E-state index contributed by atoms with van der Waals surface area (Å²) in [6, 6.07) is 12.3. The number of carbonyl (C=O) groups is 1. The van der Waals surface area contributed by atoms with E-state index in [1.807, 2.05) is 41.6 Å². The Morgan fingerprint density at radius 1 is 1.08 bits per heavy atom. The lowest BCUT2D eigenvalue weighted by Gasteiger charge is -2.34. The van der Waals surface area contributed by atoms with E-state index >= 15 is 0 Å². The first-order valence-electron chi connectivity index (χ1n) is 9.43. The van der Waals surface area contributed by atoms with Gasteiger partial charge in [-0.3, -0.25) is 9.88 Å². The number of urea groups is 1.